The zero-order chi connectivity index (χ0) is 34.7. The first-order valence-electron chi connectivity index (χ1n) is 15.8. The summed E-state index contributed by atoms with van der Waals surface area (Å²) in [4.78, 5) is 28.7. The van der Waals surface area contributed by atoms with Gasteiger partial charge in [-0.2, -0.15) is 0 Å². The Morgan fingerprint density at radius 1 is 0.920 bits per heavy atom. The Morgan fingerprint density at radius 2 is 1.70 bits per heavy atom. The first-order valence-corrected chi connectivity index (χ1v) is 17.2. The van der Waals surface area contributed by atoms with Crippen molar-refractivity contribution in [2.24, 2.45) is 0 Å². The number of halogens is 3. The van der Waals surface area contributed by atoms with Crippen LogP contribution in [0.4, 0.5) is 30.4 Å². The molecule has 5 heterocycles. The number of hydrogen-bond donors (Lipinski definition) is 2. The summed E-state index contributed by atoms with van der Waals surface area (Å²) in [7, 11) is -4.45. The molecule has 11 nitrogen and oxygen atoms in total. The van der Waals surface area contributed by atoms with Crippen molar-refractivity contribution in [1.29, 1.82) is 0 Å². The van der Waals surface area contributed by atoms with Crippen molar-refractivity contribution >= 4 is 55.1 Å². The maximum absolute atomic E-state index is 15.8. The van der Waals surface area contributed by atoms with Gasteiger partial charge in [-0.05, 0) is 62.2 Å². The van der Waals surface area contributed by atoms with Crippen molar-refractivity contribution < 1.29 is 31.1 Å². The molecule has 50 heavy (non-hydrogen) atoms. The van der Waals surface area contributed by atoms with E-state index in [2.05, 4.69) is 20.0 Å². The summed E-state index contributed by atoms with van der Waals surface area (Å²) in [5, 5.41) is 3.37. The third kappa shape index (κ3) is 5.29. The number of rotatable bonds is 7. The Balaban J connectivity index is 1.16. The van der Waals surface area contributed by atoms with Gasteiger partial charge in [0.05, 0.1) is 52.5 Å². The second kappa shape index (κ2) is 12.1. The van der Waals surface area contributed by atoms with Crippen LogP contribution < -0.4 is 10.0 Å². The molecule has 0 spiro atoms. The maximum Gasteiger partial charge on any atom is 0.262 e. The average molecular weight is 700 g/mol. The summed E-state index contributed by atoms with van der Waals surface area (Å²) in [6, 6.07) is 16.2. The quantitative estimate of drug-likeness (QED) is 0.200. The number of para-hydroxylation sites is 1. The molecule has 1 amide bonds. The zero-order valence-electron chi connectivity index (χ0n) is 26.4. The lowest BCUT2D eigenvalue weighted by molar-refractivity contribution is -0.00705. The first kappa shape index (κ1) is 31.7. The smallest absolute Gasteiger partial charge is 0.262 e. The van der Waals surface area contributed by atoms with Crippen molar-refractivity contribution in [2.75, 3.05) is 23.3 Å². The van der Waals surface area contributed by atoms with Gasteiger partial charge in [-0.25, -0.2) is 36.5 Å². The van der Waals surface area contributed by atoms with E-state index >= 15 is 8.78 Å². The second-order valence-corrected chi connectivity index (χ2v) is 13.9. The fourth-order valence-corrected chi connectivity index (χ4v) is 8.05. The lowest BCUT2D eigenvalue weighted by atomic mass is 10.1. The number of carbonyl (C=O) groups excluding carboxylic acids is 1. The highest BCUT2D eigenvalue weighted by Crippen LogP contribution is 2.35. The fraction of sp³-hybridized carbons (Fsp3) is 0.200. The summed E-state index contributed by atoms with van der Waals surface area (Å²) in [6.07, 6.45) is 4.71. The van der Waals surface area contributed by atoms with E-state index in [1.54, 1.807) is 22.9 Å². The number of aromatic nitrogens is 4. The van der Waals surface area contributed by atoms with Gasteiger partial charge in [-0.3, -0.25) is 9.52 Å². The molecule has 3 aromatic heterocycles. The van der Waals surface area contributed by atoms with Crippen molar-refractivity contribution in [1.82, 2.24) is 24.4 Å². The van der Waals surface area contributed by atoms with Gasteiger partial charge in [0.2, 0.25) is 0 Å². The molecule has 2 unspecified atom stereocenters. The van der Waals surface area contributed by atoms with Crippen molar-refractivity contribution in [2.45, 2.75) is 36.7 Å². The number of amides is 1. The van der Waals surface area contributed by atoms with Gasteiger partial charge >= 0.3 is 0 Å². The number of fused-ring (bicyclic) bond motifs is 4. The van der Waals surface area contributed by atoms with Crippen LogP contribution in [-0.4, -0.2) is 64.0 Å². The number of hydrogen-bond acceptors (Lipinski definition) is 8. The Morgan fingerprint density at radius 3 is 2.50 bits per heavy atom. The Kier molecular flexibility index (Phi) is 7.68. The van der Waals surface area contributed by atoms with Crippen LogP contribution >= 0.6 is 0 Å². The number of sulfonamides is 1. The molecular weight excluding hydrogens is 671 g/mol. The van der Waals surface area contributed by atoms with Crippen molar-refractivity contribution in [3.63, 3.8) is 0 Å². The summed E-state index contributed by atoms with van der Waals surface area (Å²) >= 11 is 0. The first-order chi connectivity index (χ1) is 24.1. The van der Waals surface area contributed by atoms with Crippen LogP contribution in [0.5, 0.6) is 0 Å². The lowest BCUT2D eigenvalue weighted by Gasteiger charge is -2.34. The number of carbonyl (C=O) groups is 1. The van der Waals surface area contributed by atoms with Crippen molar-refractivity contribution in [3.05, 3.63) is 108 Å². The molecule has 2 fully saturated rings. The van der Waals surface area contributed by atoms with E-state index in [9.17, 15) is 17.6 Å². The van der Waals surface area contributed by atoms with Gasteiger partial charge in [0.15, 0.2) is 11.6 Å². The average Bonchev–Trinajstić information content (AvgIpc) is 3.62. The molecule has 2 N–H and O–H groups in total. The topological polar surface area (TPSA) is 131 Å². The molecule has 3 aromatic carbocycles. The third-order valence-corrected chi connectivity index (χ3v) is 10.7. The SMILES string of the molecule is Cc1c(F)cccc1S(=O)(=O)Nc1ccc(F)c(Nc2ncnc3ccc(-n4cc(C(=O)N5C6CCC5COC6)c5ccccc54)nc23)c1F. The summed E-state index contributed by atoms with van der Waals surface area (Å²) < 4.78 is 80.8. The Labute approximate surface area is 283 Å². The van der Waals surface area contributed by atoms with E-state index in [0.717, 1.165) is 41.9 Å². The molecule has 15 heteroatoms. The monoisotopic (exact) mass is 699 g/mol. The zero-order valence-corrected chi connectivity index (χ0v) is 27.2. The molecule has 2 aliphatic rings. The number of anilines is 3. The van der Waals surface area contributed by atoms with Crippen LogP contribution in [0.2, 0.25) is 0 Å². The standard InChI is InChI=1S/C35H28F3N7O4S/c1-19-24(36)6-4-8-29(19)50(47,48)43-26-12-11-25(37)32(31(26)38)42-34-33-27(39-18-40-34)13-14-30(41-33)44-15-23(22-5-2-3-7-28(22)44)35(46)45-20-9-10-21(45)17-49-16-20/h2-8,11-15,18,20-21,43H,9-10,16-17H2,1H3,(H,39,40,42). The van der Waals surface area contributed by atoms with Crippen molar-refractivity contribution in [3.8, 4) is 5.82 Å². The Bertz CT molecular complexity index is 2440. The van der Waals surface area contributed by atoms with E-state index in [0.29, 0.717) is 30.1 Å². The fourth-order valence-electron chi connectivity index (χ4n) is 6.74. The van der Waals surface area contributed by atoms with Gasteiger partial charge in [0, 0.05) is 17.1 Å². The molecule has 0 radical (unpaired) electrons. The minimum atomic E-state index is -4.45. The minimum Gasteiger partial charge on any atom is -0.377 e. The van der Waals surface area contributed by atoms with E-state index < -0.39 is 43.7 Å². The Hall–Kier alpha value is -5.54. The molecule has 254 valence electrons. The predicted molar refractivity (Wildman–Crippen MR) is 180 cm³/mol. The predicted octanol–water partition coefficient (Wildman–Crippen LogP) is 6.24. The van der Waals surface area contributed by atoms with Crippen LogP contribution in [0.1, 0.15) is 28.8 Å². The van der Waals surface area contributed by atoms with Crippen LogP contribution in [-0.2, 0) is 14.8 Å². The molecule has 2 bridgehead atoms. The van der Waals surface area contributed by atoms with Crippen LogP contribution in [0.25, 0.3) is 27.8 Å². The summed E-state index contributed by atoms with van der Waals surface area (Å²) in [6.45, 7) is 2.29. The highest BCUT2D eigenvalue weighted by Gasteiger charge is 2.41. The normalized spacial score (nSPS) is 17.4. The van der Waals surface area contributed by atoms with E-state index in [4.69, 9.17) is 9.72 Å². The summed E-state index contributed by atoms with van der Waals surface area (Å²) in [5.41, 5.74) is 0.309. The highest BCUT2D eigenvalue weighted by molar-refractivity contribution is 7.92. The van der Waals surface area contributed by atoms with Crippen LogP contribution in [0.3, 0.4) is 0 Å². The molecule has 6 aromatic rings. The maximum atomic E-state index is 15.8. The molecule has 2 aliphatic heterocycles. The number of nitrogens with zero attached hydrogens (tertiary/aromatic N) is 5. The van der Waals surface area contributed by atoms with Gasteiger partial charge in [0.25, 0.3) is 15.9 Å². The van der Waals surface area contributed by atoms with Gasteiger partial charge in [-0.15, -0.1) is 0 Å². The number of benzene rings is 3. The number of nitrogens with one attached hydrogen (secondary N) is 2. The van der Waals surface area contributed by atoms with Gasteiger partial charge in [-0.1, -0.05) is 24.3 Å². The van der Waals surface area contributed by atoms with E-state index in [1.807, 2.05) is 29.2 Å². The van der Waals surface area contributed by atoms with Gasteiger partial charge in [0.1, 0.15) is 35.0 Å². The minimum absolute atomic E-state index is 0.0213. The number of morpholine rings is 1. The largest absolute Gasteiger partial charge is 0.377 e. The summed E-state index contributed by atoms with van der Waals surface area (Å²) in [5.74, 6) is -2.81. The number of ether oxygens (including phenoxy) is 1. The van der Waals surface area contributed by atoms with E-state index in [-0.39, 0.29) is 34.9 Å². The van der Waals surface area contributed by atoms with E-state index in [1.165, 1.54) is 25.4 Å². The number of pyridine rings is 1. The van der Waals surface area contributed by atoms with Gasteiger partial charge < -0.3 is 19.5 Å². The third-order valence-electron chi connectivity index (χ3n) is 9.22. The molecule has 0 saturated carbocycles. The van der Waals surface area contributed by atoms with Crippen LogP contribution in [0, 0.1) is 24.4 Å². The second-order valence-electron chi connectivity index (χ2n) is 12.2. The van der Waals surface area contributed by atoms with Crippen LogP contribution in [0.15, 0.2) is 84.1 Å². The molecular formula is C35H28F3N7O4S. The molecule has 2 atom stereocenters. The lowest BCUT2D eigenvalue weighted by Crippen LogP contribution is -2.49. The molecule has 0 aliphatic carbocycles. The molecule has 2 saturated heterocycles. The highest BCUT2D eigenvalue weighted by atomic mass is 32.2. The molecule has 8 rings (SSSR count).